The molecule has 1 atom stereocenters. The van der Waals surface area contributed by atoms with Gasteiger partial charge in [-0.3, -0.25) is 0 Å². The van der Waals surface area contributed by atoms with Crippen molar-refractivity contribution in [2.45, 2.75) is 39.2 Å². The van der Waals surface area contributed by atoms with Gasteiger partial charge in [0.05, 0.1) is 6.61 Å². The fourth-order valence-corrected chi connectivity index (χ4v) is 1.60. The third-order valence-corrected chi connectivity index (χ3v) is 2.38. The molecule has 84 valence electrons. The summed E-state index contributed by atoms with van der Waals surface area (Å²) >= 11 is 0. The summed E-state index contributed by atoms with van der Waals surface area (Å²) in [5, 5.41) is 0. The number of rotatable bonds is 6. The molecule has 2 N–H and O–H groups in total. The largest absolute Gasteiger partial charge is 0.493 e. The Morgan fingerprint density at radius 3 is 2.60 bits per heavy atom. The topological polar surface area (TPSA) is 35.2 Å². The molecule has 0 amide bonds. The zero-order valence-electron chi connectivity index (χ0n) is 9.70. The predicted molar refractivity (Wildman–Crippen MR) is 64.1 cm³/mol. The molecule has 0 spiro atoms. The van der Waals surface area contributed by atoms with Crippen LogP contribution in [0.1, 0.15) is 44.7 Å². The first-order valence-corrected chi connectivity index (χ1v) is 5.76. The summed E-state index contributed by atoms with van der Waals surface area (Å²) in [6.07, 6.45) is 3.13. The van der Waals surface area contributed by atoms with E-state index in [-0.39, 0.29) is 6.04 Å². The maximum absolute atomic E-state index is 6.10. The number of nitrogens with two attached hydrogens (primary N) is 1. The van der Waals surface area contributed by atoms with Gasteiger partial charge >= 0.3 is 0 Å². The average molecular weight is 207 g/mol. The van der Waals surface area contributed by atoms with Crippen LogP contribution in [-0.2, 0) is 0 Å². The standard InChI is InChI=1S/C13H21NO/c1-3-7-12(14)11-8-5-6-9-13(11)15-10-4-2/h5-6,8-9,12H,3-4,7,10,14H2,1-2H3. The van der Waals surface area contributed by atoms with Crippen molar-refractivity contribution >= 4 is 0 Å². The zero-order chi connectivity index (χ0) is 11.1. The molecule has 1 aromatic carbocycles. The Bertz CT molecular complexity index is 286. The summed E-state index contributed by atoms with van der Waals surface area (Å²) in [6.45, 7) is 5.01. The van der Waals surface area contributed by atoms with Crippen molar-refractivity contribution in [3.05, 3.63) is 29.8 Å². The van der Waals surface area contributed by atoms with Gasteiger partial charge in [0, 0.05) is 11.6 Å². The van der Waals surface area contributed by atoms with Crippen LogP contribution < -0.4 is 10.5 Å². The van der Waals surface area contributed by atoms with Crippen LogP contribution in [0.3, 0.4) is 0 Å². The highest BCUT2D eigenvalue weighted by atomic mass is 16.5. The monoisotopic (exact) mass is 207 g/mol. The number of para-hydroxylation sites is 1. The normalized spacial score (nSPS) is 12.5. The van der Waals surface area contributed by atoms with Crippen LogP contribution in [0.5, 0.6) is 5.75 Å². The first kappa shape index (κ1) is 12.1. The van der Waals surface area contributed by atoms with Crippen LogP contribution >= 0.6 is 0 Å². The highest BCUT2D eigenvalue weighted by Crippen LogP contribution is 2.26. The number of benzene rings is 1. The van der Waals surface area contributed by atoms with Gasteiger partial charge in [0.1, 0.15) is 5.75 Å². The van der Waals surface area contributed by atoms with Gasteiger partial charge in [-0.05, 0) is 18.9 Å². The fourth-order valence-electron chi connectivity index (χ4n) is 1.60. The lowest BCUT2D eigenvalue weighted by Gasteiger charge is -2.16. The van der Waals surface area contributed by atoms with E-state index in [2.05, 4.69) is 19.9 Å². The minimum Gasteiger partial charge on any atom is -0.493 e. The molecule has 2 heteroatoms. The molecule has 0 saturated carbocycles. The Kier molecular flexibility index (Phi) is 5.19. The smallest absolute Gasteiger partial charge is 0.124 e. The Morgan fingerprint density at radius 1 is 1.20 bits per heavy atom. The quantitative estimate of drug-likeness (QED) is 0.777. The van der Waals surface area contributed by atoms with E-state index in [0.717, 1.165) is 37.2 Å². The van der Waals surface area contributed by atoms with Crippen LogP contribution in [0.25, 0.3) is 0 Å². The van der Waals surface area contributed by atoms with Crippen molar-refractivity contribution < 1.29 is 4.74 Å². The van der Waals surface area contributed by atoms with Crippen LogP contribution in [0.2, 0.25) is 0 Å². The lowest BCUT2D eigenvalue weighted by atomic mass is 10.0. The summed E-state index contributed by atoms with van der Waals surface area (Å²) < 4.78 is 5.67. The van der Waals surface area contributed by atoms with Crippen molar-refractivity contribution in [2.75, 3.05) is 6.61 Å². The highest BCUT2D eigenvalue weighted by Gasteiger charge is 2.10. The molecule has 2 nitrogen and oxygen atoms in total. The average Bonchev–Trinajstić information content (AvgIpc) is 2.27. The molecule has 0 aliphatic rings. The van der Waals surface area contributed by atoms with E-state index in [1.807, 2.05) is 18.2 Å². The second-order valence-corrected chi connectivity index (χ2v) is 3.78. The second-order valence-electron chi connectivity index (χ2n) is 3.78. The SMILES string of the molecule is CCCOc1ccccc1C(N)CCC. The highest BCUT2D eigenvalue weighted by molar-refractivity contribution is 5.35. The molecule has 1 unspecified atom stereocenters. The van der Waals surface area contributed by atoms with E-state index in [1.54, 1.807) is 0 Å². The Morgan fingerprint density at radius 2 is 1.93 bits per heavy atom. The molecule has 0 heterocycles. The van der Waals surface area contributed by atoms with E-state index < -0.39 is 0 Å². The second kappa shape index (κ2) is 6.46. The molecule has 0 aromatic heterocycles. The van der Waals surface area contributed by atoms with E-state index in [4.69, 9.17) is 10.5 Å². The summed E-state index contributed by atoms with van der Waals surface area (Å²) in [6, 6.07) is 8.17. The maximum atomic E-state index is 6.10. The van der Waals surface area contributed by atoms with E-state index in [0.29, 0.717) is 0 Å². The molecule has 0 aliphatic heterocycles. The summed E-state index contributed by atoms with van der Waals surface area (Å²) in [5.74, 6) is 0.945. The maximum Gasteiger partial charge on any atom is 0.124 e. The van der Waals surface area contributed by atoms with Gasteiger partial charge in [0.15, 0.2) is 0 Å². The molecule has 1 rings (SSSR count). The van der Waals surface area contributed by atoms with Crippen molar-refractivity contribution in [3.8, 4) is 5.75 Å². The van der Waals surface area contributed by atoms with Crippen LogP contribution in [0.4, 0.5) is 0 Å². The molecule has 0 bridgehead atoms. The van der Waals surface area contributed by atoms with E-state index >= 15 is 0 Å². The van der Waals surface area contributed by atoms with Gasteiger partial charge in [-0.15, -0.1) is 0 Å². The van der Waals surface area contributed by atoms with Crippen molar-refractivity contribution in [1.82, 2.24) is 0 Å². The minimum absolute atomic E-state index is 0.100. The Labute approximate surface area is 92.4 Å². The van der Waals surface area contributed by atoms with Gasteiger partial charge in [-0.1, -0.05) is 38.5 Å². The van der Waals surface area contributed by atoms with Crippen molar-refractivity contribution in [1.29, 1.82) is 0 Å². The van der Waals surface area contributed by atoms with Gasteiger partial charge in [0.25, 0.3) is 0 Å². The van der Waals surface area contributed by atoms with Crippen LogP contribution in [-0.4, -0.2) is 6.61 Å². The fraction of sp³-hybridized carbons (Fsp3) is 0.538. The van der Waals surface area contributed by atoms with Gasteiger partial charge in [-0.25, -0.2) is 0 Å². The number of hydrogen-bond donors (Lipinski definition) is 1. The number of ether oxygens (including phenoxy) is 1. The summed E-state index contributed by atoms with van der Waals surface area (Å²) in [7, 11) is 0. The van der Waals surface area contributed by atoms with E-state index in [1.165, 1.54) is 0 Å². The van der Waals surface area contributed by atoms with Gasteiger partial charge in [0.2, 0.25) is 0 Å². The predicted octanol–water partition coefficient (Wildman–Crippen LogP) is 3.28. The molecule has 0 fully saturated rings. The summed E-state index contributed by atoms with van der Waals surface area (Å²) in [4.78, 5) is 0. The van der Waals surface area contributed by atoms with Crippen LogP contribution in [0, 0.1) is 0 Å². The van der Waals surface area contributed by atoms with Gasteiger partial charge in [-0.2, -0.15) is 0 Å². The molecule has 0 saturated heterocycles. The summed E-state index contributed by atoms with van der Waals surface area (Å²) in [5.41, 5.74) is 7.23. The Hall–Kier alpha value is -1.02. The molecular weight excluding hydrogens is 186 g/mol. The lowest BCUT2D eigenvalue weighted by molar-refractivity contribution is 0.311. The zero-order valence-corrected chi connectivity index (χ0v) is 9.70. The van der Waals surface area contributed by atoms with Crippen molar-refractivity contribution in [2.24, 2.45) is 5.73 Å². The van der Waals surface area contributed by atoms with Crippen molar-refractivity contribution in [3.63, 3.8) is 0 Å². The van der Waals surface area contributed by atoms with Crippen LogP contribution in [0.15, 0.2) is 24.3 Å². The molecule has 0 aliphatic carbocycles. The third-order valence-electron chi connectivity index (χ3n) is 2.38. The Balaban J connectivity index is 2.75. The first-order chi connectivity index (χ1) is 7.29. The lowest BCUT2D eigenvalue weighted by Crippen LogP contribution is -2.11. The third kappa shape index (κ3) is 3.56. The number of hydrogen-bond acceptors (Lipinski definition) is 2. The first-order valence-electron chi connectivity index (χ1n) is 5.76. The molecule has 1 aromatic rings. The minimum atomic E-state index is 0.100. The molecule has 0 radical (unpaired) electrons. The van der Waals surface area contributed by atoms with Gasteiger partial charge < -0.3 is 10.5 Å². The van der Waals surface area contributed by atoms with E-state index in [9.17, 15) is 0 Å². The molecular formula is C13H21NO. The molecule has 15 heavy (non-hydrogen) atoms.